The molecule has 1 aromatic heterocycles. The molecular formula is C13H22N4O2S2. The molecule has 0 spiro atoms. The smallest absolute Gasteiger partial charge is 0.214 e. The molecule has 0 amide bonds. The Morgan fingerprint density at radius 2 is 2.05 bits per heavy atom. The standard InChI is InChI=1S/C13H22N4O2S2/c1-9(2)12-14-15-13(20-12)17-7-3-4-10(8-17)16-21(18,19)11-5-6-11/h9-11,16H,3-8H2,1-2H3. The first-order valence-corrected chi connectivity index (χ1v) is 9.91. The lowest BCUT2D eigenvalue weighted by Crippen LogP contribution is -2.48. The van der Waals surface area contributed by atoms with Gasteiger partial charge in [-0.15, -0.1) is 10.2 Å². The van der Waals surface area contributed by atoms with Gasteiger partial charge < -0.3 is 4.90 Å². The quantitative estimate of drug-likeness (QED) is 0.889. The average Bonchev–Trinajstić information content (AvgIpc) is 3.17. The maximum Gasteiger partial charge on any atom is 0.214 e. The molecule has 21 heavy (non-hydrogen) atoms. The highest BCUT2D eigenvalue weighted by Gasteiger charge is 2.37. The molecule has 0 bridgehead atoms. The molecular weight excluding hydrogens is 308 g/mol. The summed E-state index contributed by atoms with van der Waals surface area (Å²) in [5.74, 6) is 0.380. The molecule has 1 aliphatic carbocycles. The number of nitrogens with zero attached hydrogens (tertiary/aromatic N) is 3. The Kier molecular flexibility index (Phi) is 4.20. The van der Waals surface area contributed by atoms with Gasteiger partial charge in [-0.2, -0.15) is 0 Å². The minimum absolute atomic E-state index is 0.00394. The molecule has 2 heterocycles. The Balaban J connectivity index is 1.64. The normalized spacial score (nSPS) is 23.8. The van der Waals surface area contributed by atoms with E-state index in [0.29, 0.717) is 12.5 Å². The van der Waals surface area contributed by atoms with Gasteiger partial charge in [0, 0.05) is 25.0 Å². The lowest BCUT2D eigenvalue weighted by molar-refractivity contribution is 0.464. The number of nitrogens with one attached hydrogen (secondary N) is 1. The van der Waals surface area contributed by atoms with Gasteiger partial charge in [0.2, 0.25) is 15.2 Å². The molecule has 118 valence electrons. The first-order valence-electron chi connectivity index (χ1n) is 7.55. The number of hydrogen-bond acceptors (Lipinski definition) is 6. The number of rotatable bonds is 5. The van der Waals surface area contributed by atoms with Crippen molar-refractivity contribution in [3.05, 3.63) is 5.01 Å². The van der Waals surface area contributed by atoms with Crippen molar-refractivity contribution in [2.75, 3.05) is 18.0 Å². The third-order valence-corrected chi connectivity index (χ3v) is 7.21. The Labute approximate surface area is 130 Å². The van der Waals surface area contributed by atoms with Crippen LogP contribution in [0.15, 0.2) is 0 Å². The summed E-state index contributed by atoms with van der Waals surface area (Å²) >= 11 is 1.61. The third kappa shape index (κ3) is 3.54. The molecule has 0 aromatic carbocycles. The molecule has 6 nitrogen and oxygen atoms in total. The van der Waals surface area contributed by atoms with Gasteiger partial charge in [0.1, 0.15) is 5.01 Å². The molecule has 1 atom stereocenters. The molecule has 1 saturated heterocycles. The van der Waals surface area contributed by atoms with Crippen LogP contribution in [0.1, 0.15) is 50.5 Å². The van der Waals surface area contributed by atoms with E-state index in [-0.39, 0.29) is 11.3 Å². The monoisotopic (exact) mass is 330 g/mol. The van der Waals surface area contributed by atoms with E-state index >= 15 is 0 Å². The molecule has 1 N–H and O–H groups in total. The topological polar surface area (TPSA) is 75.2 Å². The van der Waals surface area contributed by atoms with Gasteiger partial charge in [0.15, 0.2) is 0 Å². The number of hydrogen-bond donors (Lipinski definition) is 1. The minimum atomic E-state index is -3.11. The van der Waals surface area contributed by atoms with Gasteiger partial charge in [-0.25, -0.2) is 13.1 Å². The summed E-state index contributed by atoms with van der Waals surface area (Å²) in [6.45, 7) is 5.83. The fourth-order valence-electron chi connectivity index (χ4n) is 2.54. The molecule has 1 aliphatic heterocycles. The summed E-state index contributed by atoms with van der Waals surface area (Å²) < 4.78 is 27.0. The lowest BCUT2D eigenvalue weighted by Gasteiger charge is -2.32. The van der Waals surface area contributed by atoms with Gasteiger partial charge in [0.25, 0.3) is 0 Å². The van der Waals surface area contributed by atoms with E-state index in [1.165, 1.54) is 0 Å². The lowest BCUT2D eigenvalue weighted by atomic mass is 10.1. The summed E-state index contributed by atoms with van der Waals surface area (Å²) in [4.78, 5) is 2.16. The van der Waals surface area contributed by atoms with Crippen molar-refractivity contribution in [2.24, 2.45) is 0 Å². The Morgan fingerprint density at radius 3 is 2.67 bits per heavy atom. The highest BCUT2D eigenvalue weighted by Crippen LogP contribution is 2.30. The van der Waals surface area contributed by atoms with Crippen LogP contribution in [0, 0.1) is 0 Å². The Bertz CT molecular complexity index is 595. The fourth-order valence-corrected chi connectivity index (χ4v) is 5.03. The van der Waals surface area contributed by atoms with Crippen molar-refractivity contribution in [1.82, 2.24) is 14.9 Å². The van der Waals surface area contributed by atoms with Crippen LogP contribution in [-0.4, -0.2) is 43.0 Å². The zero-order valence-corrected chi connectivity index (χ0v) is 14.1. The highest BCUT2D eigenvalue weighted by molar-refractivity contribution is 7.90. The molecule has 1 saturated carbocycles. The second-order valence-corrected chi connectivity index (χ2v) is 9.20. The van der Waals surface area contributed by atoms with Gasteiger partial charge >= 0.3 is 0 Å². The van der Waals surface area contributed by atoms with Gasteiger partial charge in [-0.1, -0.05) is 25.2 Å². The van der Waals surface area contributed by atoms with Crippen LogP contribution in [0.2, 0.25) is 0 Å². The fraction of sp³-hybridized carbons (Fsp3) is 0.846. The zero-order chi connectivity index (χ0) is 15.0. The number of aromatic nitrogens is 2. The Hall–Kier alpha value is -0.730. The molecule has 0 radical (unpaired) electrons. The van der Waals surface area contributed by atoms with E-state index in [9.17, 15) is 8.42 Å². The van der Waals surface area contributed by atoms with Crippen LogP contribution in [0.25, 0.3) is 0 Å². The maximum atomic E-state index is 12.0. The van der Waals surface area contributed by atoms with Crippen molar-refractivity contribution in [3.63, 3.8) is 0 Å². The van der Waals surface area contributed by atoms with Crippen LogP contribution in [0.3, 0.4) is 0 Å². The summed E-state index contributed by atoms with van der Waals surface area (Å²) in [6.07, 6.45) is 3.49. The van der Waals surface area contributed by atoms with E-state index in [1.807, 2.05) is 0 Å². The molecule has 1 unspecified atom stereocenters. The highest BCUT2D eigenvalue weighted by atomic mass is 32.2. The SMILES string of the molecule is CC(C)c1nnc(N2CCCC(NS(=O)(=O)C3CC3)C2)s1. The van der Waals surface area contributed by atoms with Gasteiger partial charge in [-0.05, 0) is 25.7 Å². The summed E-state index contributed by atoms with van der Waals surface area (Å²) in [7, 11) is -3.11. The summed E-state index contributed by atoms with van der Waals surface area (Å²) in [6, 6.07) is -0.00394. The van der Waals surface area contributed by atoms with Crippen molar-refractivity contribution in [2.45, 2.75) is 56.7 Å². The predicted molar refractivity (Wildman–Crippen MR) is 84.3 cm³/mol. The van der Waals surface area contributed by atoms with Crippen LogP contribution in [0.4, 0.5) is 5.13 Å². The predicted octanol–water partition coefficient (Wildman–Crippen LogP) is 1.71. The maximum absolute atomic E-state index is 12.0. The van der Waals surface area contributed by atoms with E-state index in [0.717, 1.165) is 42.4 Å². The largest absolute Gasteiger partial charge is 0.345 e. The van der Waals surface area contributed by atoms with E-state index in [2.05, 4.69) is 33.7 Å². The molecule has 1 aromatic rings. The second-order valence-electron chi connectivity index (χ2n) is 6.22. The first kappa shape index (κ1) is 15.2. The van der Waals surface area contributed by atoms with Gasteiger partial charge in [-0.3, -0.25) is 0 Å². The van der Waals surface area contributed by atoms with Crippen LogP contribution >= 0.6 is 11.3 Å². The van der Waals surface area contributed by atoms with Crippen LogP contribution < -0.4 is 9.62 Å². The molecule has 3 rings (SSSR count). The molecule has 2 aliphatic rings. The van der Waals surface area contributed by atoms with Crippen molar-refractivity contribution in [3.8, 4) is 0 Å². The molecule has 8 heteroatoms. The average molecular weight is 330 g/mol. The summed E-state index contributed by atoms with van der Waals surface area (Å²) in [5, 5.41) is 10.3. The minimum Gasteiger partial charge on any atom is -0.345 e. The van der Waals surface area contributed by atoms with Crippen molar-refractivity contribution < 1.29 is 8.42 Å². The first-order chi connectivity index (χ1) is 9.95. The summed E-state index contributed by atoms with van der Waals surface area (Å²) in [5.41, 5.74) is 0. The van der Waals surface area contributed by atoms with Crippen molar-refractivity contribution >= 4 is 26.5 Å². The second kappa shape index (κ2) is 5.81. The molecule has 2 fully saturated rings. The Morgan fingerprint density at radius 1 is 1.29 bits per heavy atom. The third-order valence-electron chi connectivity index (χ3n) is 3.91. The van der Waals surface area contributed by atoms with Crippen LogP contribution in [0.5, 0.6) is 0 Å². The van der Waals surface area contributed by atoms with E-state index in [4.69, 9.17) is 0 Å². The van der Waals surface area contributed by atoms with E-state index in [1.54, 1.807) is 11.3 Å². The number of sulfonamides is 1. The zero-order valence-electron chi connectivity index (χ0n) is 12.4. The number of anilines is 1. The van der Waals surface area contributed by atoms with Crippen LogP contribution in [-0.2, 0) is 10.0 Å². The van der Waals surface area contributed by atoms with E-state index < -0.39 is 10.0 Å². The van der Waals surface area contributed by atoms with Gasteiger partial charge in [0.05, 0.1) is 5.25 Å². The van der Waals surface area contributed by atoms with Crippen molar-refractivity contribution in [1.29, 1.82) is 0 Å². The number of piperidine rings is 1.